The average molecular weight is 423 g/mol. The lowest BCUT2D eigenvalue weighted by Crippen LogP contribution is -2.44. The molecule has 0 N–H and O–H groups in total. The highest BCUT2D eigenvalue weighted by Crippen LogP contribution is 2.29. The molecule has 31 heavy (non-hydrogen) atoms. The van der Waals surface area contributed by atoms with E-state index in [0.29, 0.717) is 31.9 Å². The molecule has 1 aromatic heterocycles. The summed E-state index contributed by atoms with van der Waals surface area (Å²) in [6.45, 7) is 6.12. The van der Waals surface area contributed by atoms with E-state index in [-0.39, 0.29) is 23.8 Å². The van der Waals surface area contributed by atoms with Crippen LogP contribution in [0.5, 0.6) is 0 Å². The van der Waals surface area contributed by atoms with Crippen molar-refractivity contribution in [2.75, 3.05) is 26.2 Å². The normalized spacial score (nSPS) is 21.9. The van der Waals surface area contributed by atoms with Gasteiger partial charge in [-0.3, -0.25) is 9.59 Å². The van der Waals surface area contributed by atoms with Gasteiger partial charge in [-0.15, -0.1) is 0 Å². The number of fused-ring (bicyclic) bond motifs is 1. The third-order valence-corrected chi connectivity index (χ3v) is 6.93. The summed E-state index contributed by atoms with van der Waals surface area (Å²) >= 11 is 0. The SMILES string of the molecule is Cc1ccc(C2Cn3cnc(C(=O)N4CCC(C(=O)N5CCCC5)CC4)c3CO2)cc1. The van der Waals surface area contributed by atoms with Crippen LogP contribution in [-0.4, -0.2) is 57.3 Å². The molecule has 1 aromatic carbocycles. The summed E-state index contributed by atoms with van der Waals surface area (Å²) in [5, 5.41) is 0. The van der Waals surface area contributed by atoms with E-state index in [1.807, 2.05) is 14.4 Å². The number of hydrogen-bond acceptors (Lipinski definition) is 4. The monoisotopic (exact) mass is 422 g/mol. The Hall–Kier alpha value is -2.67. The van der Waals surface area contributed by atoms with Gasteiger partial charge in [0.25, 0.3) is 5.91 Å². The highest BCUT2D eigenvalue weighted by atomic mass is 16.5. The van der Waals surface area contributed by atoms with Gasteiger partial charge in [0, 0.05) is 32.1 Å². The summed E-state index contributed by atoms with van der Waals surface area (Å²) in [5.41, 5.74) is 3.71. The van der Waals surface area contributed by atoms with Crippen LogP contribution in [0.25, 0.3) is 0 Å². The lowest BCUT2D eigenvalue weighted by molar-refractivity contribution is -0.135. The fourth-order valence-corrected chi connectivity index (χ4v) is 4.96. The highest BCUT2D eigenvalue weighted by molar-refractivity contribution is 5.93. The van der Waals surface area contributed by atoms with E-state index in [9.17, 15) is 9.59 Å². The van der Waals surface area contributed by atoms with Crippen LogP contribution in [0.15, 0.2) is 30.6 Å². The van der Waals surface area contributed by atoms with Gasteiger partial charge in [-0.25, -0.2) is 4.98 Å². The van der Waals surface area contributed by atoms with Gasteiger partial charge < -0.3 is 19.1 Å². The number of aryl methyl sites for hydroxylation is 1. The summed E-state index contributed by atoms with van der Waals surface area (Å²) in [6.07, 6.45) is 5.43. The molecule has 1 unspecified atom stereocenters. The molecule has 1 atom stereocenters. The summed E-state index contributed by atoms with van der Waals surface area (Å²) in [4.78, 5) is 34.1. The maximum absolute atomic E-state index is 13.2. The maximum atomic E-state index is 13.2. The smallest absolute Gasteiger partial charge is 0.274 e. The number of likely N-dealkylation sites (tertiary alicyclic amines) is 2. The van der Waals surface area contributed by atoms with Gasteiger partial charge in [0.15, 0.2) is 5.69 Å². The molecule has 7 nitrogen and oxygen atoms in total. The van der Waals surface area contributed by atoms with Crippen molar-refractivity contribution in [2.45, 2.75) is 51.9 Å². The fourth-order valence-electron chi connectivity index (χ4n) is 4.96. The van der Waals surface area contributed by atoms with Crippen LogP contribution < -0.4 is 0 Å². The number of piperidine rings is 1. The van der Waals surface area contributed by atoms with E-state index in [1.54, 1.807) is 6.33 Å². The predicted octanol–water partition coefficient (Wildman–Crippen LogP) is 2.94. The van der Waals surface area contributed by atoms with Crippen molar-refractivity contribution in [1.82, 2.24) is 19.4 Å². The molecule has 0 radical (unpaired) electrons. The molecule has 5 rings (SSSR count). The molecular weight excluding hydrogens is 392 g/mol. The van der Waals surface area contributed by atoms with Crippen LogP contribution in [0.4, 0.5) is 0 Å². The van der Waals surface area contributed by atoms with Crippen molar-refractivity contribution in [1.29, 1.82) is 0 Å². The van der Waals surface area contributed by atoms with Gasteiger partial charge in [0.1, 0.15) is 6.10 Å². The number of rotatable bonds is 3. The minimum atomic E-state index is -0.0433. The molecule has 2 saturated heterocycles. The number of imidazole rings is 1. The molecule has 7 heteroatoms. The first-order valence-electron chi connectivity index (χ1n) is 11.4. The number of carbonyl (C=O) groups is 2. The molecule has 4 heterocycles. The van der Waals surface area contributed by atoms with Crippen molar-refractivity contribution in [3.8, 4) is 0 Å². The van der Waals surface area contributed by atoms with E-state index in [4.69, 9.17) is 4.74 Å². The van der Waals surface area contributed by atoms with Crippen molar-refractivity contribution in [2.24, 2.45) is 5.92 Å². The summed E-state index contributed by atoms with van der Waals surface area (Å²) < 4.78 is 8.14. The summed E-state index contributed by atoms with van der Waals surface area (Å²) in [5.74, 6) is 0.286. The number of amides is 2. The number of aromatic nitrogens is 2. The molecule has 0 saturated carbocycles. The Kier molecular flexibility index (Phi) is 5.52. The molecule has 3 aliphatic rings. The van der Waals surface area contributed by atoms with Crippen molar-refractivity contribution in [3.05, 3.63) is 53.1 Å². The third kappa shape index (κ3) is 3.99. The van der Waals surface area contributed by atoms with E-state index in [0.717, 1.165) is 50.0 Å². The van der Waals surface area contributed by atoms with Gasteiger partial charge in [-0.1, -0.05) is 29.8 Å². The number of ether oxygens (including phenoxy) is 1. The largest absolute Gasteiger partial charge is 0.365 e. The number of carbonyl (C=O) groups excluding carboxylic acids is 2. The van der Waals surface area contributed by atoms with Crippen molar-refractivity contribution in [3.63, 3.8) is 0 Å². The first-order chi connectivity index (χ1) is 15.1. The molecule has 3 aliphatic heterocycles. The second-order valence-corrected chi connectivity index (χ2v) is 9.00. The van der Waals surface area contributed by atoms with Gasteiger partial charge in [0.05, 0.1) is 25.2 Å². The Morgan fingerprint density at radius 3 is 2.42 bits per heavy atom. The zero-order chi connectivity index (χ0) is 21.4. The number of nitrogens with zero attached hydrogens (tertiary/aromatic N) is 4. The standard InChI is InChI=1S/C24H30N4O3/c1-17-4-6-18(7-5-17)21-14-28-16-25-22(20(28)15-31-21)24(30)27-12-8-19(9-13-27)23(29)26-10-2-3-11-26/h4-7,16,19,21H,2-3,8-15H2,1H3. The molecule has 0 aliphatic carbocycles. The lowest BCUT2D eigenvalue weighted by atomic mass is 9.95. The Morgan fingerprint density at radius 2 is 1.71 bits per heavy atom. The van der Waals surface area contributed by atoms with Crippen LogP contribution in [0.1, 0.15) is 59.1 Å². The van der Waals surface area contributed by atoms with Crippen LogP contribution in [0.2, 0.25) is 0 Å². The summed E-state index contributed by atoms with van der Waals surface area (Å²) in [6, 6.07) is 8.38. The first kappa shape index (κ1) is 20.2. The van der Waals surface area contributed by atoms with Gasteiger partial charge in [-0.05, 0) is 38.2 Å². The quantitative estimate of drug-likeness (QED) is 0.763. The second-order valence-electron chi connectivity index (χ2n) is 9.00. The molecule has 2 aromatic rings. The topological polar surface area (TPSA) is 67.7 Å². The fraction of sp³-hybridized carbons (Fsp3) is 0.542. The Balaban J connectivity index is 1.22. The zero-order valence-electron chi connectivity index (χ0n) is 18.1. The predicted molar refractivity (Wildman–Crippen MR) is 115 cm³/mol. The number of benzene rings is 1. The van der Waals surface area contributed by atoms with Gasteiger partial charge >= 0.3 is 0 Å². The van der Waals surface area contributed by atoms with E-state index in [2.05, 4.69) is 36.2 Å². The lowest BCUT2D eigenvalue weighted by Gasteiger charge is -2.33. The maximum Gasteiger partial charge on any atom is 0.274 e. The van der Waals surface area contributed by atoms with Crippen LogP contribution in [0, 0.1) is 12.8 Å². The van der Waals surface area contributed by atoms with Crippen LogP contribution in [0.3, 0.4) is 0 Å². The number of hydrogen-bond donors (Lipinski definition) is 0. The molecule has 2 fully saturated rings. The van der Waals surface area contributed by atoms with Crippen molar-refractivity contribution < 1.29 is 14.3 Å². The van der Waals surface area contributed by atoms with Crippen LogP contribution in [-0.2, 0) is 22.7 Å². The molecular formula is C24H30N4O3. The zero-order valence-corrected chi connectivity index (χ0v) is 18.1. The van der Waals surface area contributed by atoms with Gasteiger partial charge in [0.2, 0.25) is 5.91 Å². The van der Waals surface area contributed by atoms with E-state index in [1.165, 1.54) is 5.56 Å². The Labute approximate surface area is 183 Å². The Morgan fingerprint density at radius 1 is 1.00 bits per heavy atom. The van der Waals surface area contributed by atoms with Crippen molar-refractivity contribution >= 4 is 11.8 Å². The minimum absolute atomic E-state index is 0.0300. The first-order valence-corrected chi connectivity index (χ1v) is 11.4. The highest BCUT2D eigenvalue weighted by Gasteiger charge is 2.34. The van der Waals surface area contributed by atoms with Gasteiger partial charge in [-0.2, -0.15) is 0 Å². The molecule has 164 valence electrons. The molecule has 0 spiro atoms. The Bertz CT molecular complexity index is 954. The summed E-state index contributed by atoms with van der Waals surface area (Å²) in [7, 11) is 0. The van der Waals surface area contributed by atoms with E-state index < -0.39 is 0 Å². The molecule has 2 amide bonds. The minimum Gasteiger partial charge on any atom is -0.365 e. The van der Waals surface area contributed by atoms with E-state index >= 15 is 0 Å². The second kappa shape index (κ2) is 8.46. The molecule has 0 bridgehead atoms. The van der Waals surface area contributed by atoms with Crippen LogP contribution >= 0.6 is 0 Å². The average Bonchev–Trinajstić information content (AvgIpc) is 3.49. The third-order valence-electron chi connectivity index (χ3n) is 6.93.